The van der Waals surface area contributed by atoms with E-state index in [0.717, 1.165) is 55.0 Å². The minimum absolute atomic E-state index is 0.830. The molecule has 21 heavy (non-hydrogen) atoms. The molecule has 0 saturated carbocycles. The highest BCUT2D eigenvalue weighted by Crippen LogP contribution is 2.18. The molecule has 0 unspecified atom stereocenters. The predicted molar refractivity (Wildman–Crippen MR) is 82.7 cm³/mol. The maximum Gasteiger partial charge on any atom is 0.151 e. The van der Waals surface area contributed by atoms with E-state index in [1.54, 1.807) is 0 Å². The van der Waals surface area contributed by atoms with Crippen LogP contribution in [0, 0.1) is 20.8 Å². The maximum atomic E-state index is 4.54. The van der Waals surface area contributed by atoms with E-state index in [2.05, 4.69) is 30.0 Å². The summed E-state index contributed by atoms with van der Waals surface area (Å²) in [6.45, 7) is 9.63. The highest BCUT2D eigenvalue weighted by atomic mass is 15.3. The van der Waals surface area contributed by atoms with E-state index in [1.807, 2.05) is 39.0 Å². The summed E-state index contributed by atoms with van der Waals surface area (Å²) < 4.78 is 0. The molecule has 1 aliphatic heterocycles. The van der Waals surface area contributed by atoms with E-state index in [0.29, 0.717) is 0 Å². The van der Waals surface area contributed by atoms with Gasteiger partial charge in [-0.25, -0.2) is 9.97 Å². The first-order valence-corrected chi connectivity index (χ1v) is 7.24. The highest BCUT2D eigenvalue weighted by Gasteiger charge is 2.19. The van der Waals surface area contributed by atoms with Gasteiger partial charge in [0.1, 0.15) is 11.6 Å². The Kier molecular flexibility index (Phi) is 3.68. The van der Waals surface area contributed by atoms with Crippen LogP contribution < -0.4 is 9.80 Å². The van der Waals surface area contributed by atoms with Gasteiger partial charge in [-0.3, -0.25) is 0 Å². The third-order valence-electron chi connectivity index (χ3n) is 3.66. The van der Waals surface area contributed by atoms with E-state index >= 15 is 0 Å². The van der Waals surface area contributed by atoms with Crippen molar-refractivity contribution in [1.82, 2.24) is 20.2 Å². The van der Waals surface area contributed by atoms with Gasteiger partial charge in [0.15, 0.2) is 5.82 Å². The second kappa shape index (κ2) is 5.63. The molecule has 110 valence electrons. The number of aryl methyl sites for hydroxylation is 3. The molecule has 6 nitrogen and oxygen atoms in total. The third-order valence-corrected chi connectivity index (χ3v) is 3.66. The smallest absolute Gasteiger partial charge is 0.151 e. The van der Waals surface area contributed by atoms with E-state index < -0.39 is 0 Å². The molecule has 2 aromatic rings. The number of nitrogens with zero attached hydrogens (tertiary/aromatic N) is 6. The van der Waals surface area contributed by atoms with Crippen molar-refractivity contribution in [2.24, 2.45) is 0 Å². The summed E-state index contributed by atoms with van der Waals surface area (Å²) in [4.78, 5) is 13.4. The molecular weight excluding hydrogens is 264 g/mol. The molecule has 6 heteroatoms. The summed E-state index contributed by atoms with van der Waals surface area (Å²) >= 11 is 0. The Balaban J connectivity index is 1.68. The van der Waals surface area contributed by atoms with Crippen LogP contribution in [0.5, 0.6) is 0 Å². The fourth-order valence-corrected chi connectivity index (χ4v) is 2.58. The lowest BCUT2D eigenvalue weighted by molar-refractivity contribution is 0.635. The SMILES string of the molecule is Cc1ccc(N2CCN(c3cc(C)nc(C)n3)CC2)nn1. The standard InChI is InChI=1S/C15H20N6/c1-11-4-5-14(19-18-11)20-6-8-21(9-7-20)15-10-12(2)16-13(3)17-15/h4-5,10H,6-9H2,1-3H3. The van der Waals surface area contributed by atoms with Crippen LogP contribution in [0.25, 0.3) is 0 Å². The van der Waals surface area contributed by atoms with E-state index in [4.69, 9.17) is 0 Å². The first kappa shape index (κ1) is 13.7. The van der Waals surface area contributed by atoms with Crippen LogP contribution in [0.15, 0.2) is 18.2 Å². The molecule has 0 aromatic carbocycles. The minimum Gasteiger partial charge on any atom is -0.353 e. The van der Waals surface area contributed by atoms with Crippen LogP contribution in [0.3, 0.4) is 0 Å². The zero-order valence-electron chi connectivity index (χ0n) is 12.7. The average Bonchev–Trinajstić information content (AvgIpc) is 2.47. The van der Waals surface area contributed by atoms with Crippen molar-refractivity contribution in [3.05, 3.63) is 35.4 Å². The van der Waals surface area contributed by atoms with Crippen LogP contribution in [0.1, 0.15) is 17.2 Å². The van der Waals surface area contributed by atoms with Gasteiger partial charge in [-0.2, -0.15) is 5.10 Å². The van der Waals surface area contributed by atoms with Gasteiger partial charge >= 0.3 is 0 Å². The first-order chi connectivity index (χ1) is 10.1. The topological polar surface area (TPSA) is 58.0 Å². The number of aromatic nitrogens is 4. The zero-order valence-corrected chi connectivity index (χ0v) is 12.7. The minimum atomic E-state index is 0.830. The summed E-state index contributed by atoms with van der Waals surface area (Å²) in [6.07, 6.45) is 0. The van der Waals surface area contributed by atoms with Crippen LogP contribution >= 0.6 is 0 Å². The van der Waals surface area contributed by atoms with Crippen LogP contribution in [0.4, 0.5) is 11.6 Å². The van der Waals surface area contributed by atoms with Crippen LogP contribution in [-0.4, -0.2) is 46.3 Å². The van der Waals surface area contributed by atoms with Gasteiger partial charge in [-0.05, 0) is 32.9 Å². The number of rotatable bonds is 2. The summed E-state index contributed by atoms with van der Waals surface area (Å²) in [6, 6.07) is 6.09. The Bertz CT molecular complexity index is 596. The lowest BCUT2D eigenvalue weighted by atomic mass is 10.3. The highest BCUT2D eigenvalue weighted by molar-refractivity contribution is 5.45. The van der Waals surface area contributed by atoms with Gasteiger partial charge < -0.3 is 9.80 Å². The second-order valence-electron chi connectivity index (χ2n) is 5.42. The Morgan fingerprint density at radius 1 is 0.762 bits per heavy atom. The largest absolute Gasteiger partial charge is 0.353 e. The molecule has 0 aliphatic carbocycles. The van der Waals surface area contributed by atoms with Crippen LogP contribution in [0.2, 0.25) is 0 Å². The van der Waals surface area contributed by atoms with E-state index in [9.17, 15) is 0 Å². The van der Waals surface area contributed by atoms with Gasteiger partial charge in [-0.15, -0.1) is 5.10 Å². The molecular formula is C15H20N6. The van der Waals surface area contributed by atoms with E-state index in [1.165, 1.54) is 0 Å². The Labute approximate surface area is 124 Å². The quantitative estimate of drug-likeness (QED) is 0.833. The van der Waals surface area contributed by atoms with Crippen molar-refractivity contribution >= 4 is 11.6 Å². The number of hydrogen-bond donors (Lipinski definition) is 0. The Morgan fingerprint density at radius 3 is 2.00 bits per heavy atom. The molecule has 2 aromatic heterocycles. The Morgan fingerprint density at radius 2 is 1.43 bits per heavy atom. The fraction of sp³-hybridized carbons (Fsp3) is 0.467. The molecule has 0 spiro atoms. The van der Waals surface area contributed by atoms with Gasteiger partial charge in [0, 0.05) is 37.9 Å². The molecule has 0 radical (unpaired) electrons. The number of piperazine rings is 1. The number of anilines is 2. The van der Waals surface area contributed by atoms with Crippen molar-refractivity contribution in [2.45, 2.75) is 20.8 Å². The predicted octanol–water partition coefficient (Wildman–Crippen LogP) is 1.52. The third kappa shape index (κ3) is 3.09. The molecule has 0 bridgehead atoms. The van der Waals surface area contributed by atoms with Gasteiger partial charge in [0.25, 0.3) is 0 Å². The van der Waals surface area contributed by atoms with Crippen molar-refractivity contribution in [2.75, 3.05) is 36.0 Å². The number of hydrogen-bond acceptors (Lipinski definition) is 6. The second-order valence-corrected chi connectivity index (χ2v) is 5.42. The monoisotopic (exact) mass is 284 g/mol. The molecule has 1 fully saturated rings. The van der Waals surface area contributed by atoms with Crippen molar-refractivity contribution < 1.29 is 0 Å². The fourth-order valence-electron chi connectivity index (χ4n) is 2.58. The van der Waals surface area contributed by atoms with Gasteiger partial charge in [-0.1, -0.05) is 0 Å². The van der Waals surface area contributed by atoms with Crippen molar-refractivity contribution in [1.29, 1.82) is 0 Å². The first-order valence-electron chi connectivity index (χ1n) is 7.24. The van der Waals surface area contributed by atoms with Gasteiger partial charge in [0.2, 0.25) is 0 Å². The lowest BCUT2D eigenvalue weighted by Crippen LogP contribution is -2.47. The molecule has 3 heterocycles. The van der Waals surface area contributed by atoms with Crippen molar-refractivity contribution in [3.8, 4) is 0 Å². The van der Waals surface area contributed by atoms with Crippen molar-refractivity contribution in [3.63, 3.8) is 0 Å². The van der Waals surface area contributed by atoms with Gasteiger partial charge in [0.05, 0.1) is 5.69 Å². The normalized spacial score (nSPS) is 15.4. The Hall–Kier alpha value is -2.24. The van der Waals surface area contributed by atoms with E-state index in [-0.39, 0.29) is 0 Å². The average molecular weight is 284 g/mol. The van der Waals surface area contributed by atoms with Crippen LogP contribution in [-0.2, 0) is 0 Å². The molecule has 1 aliphatic rings. The lowest BCUT2D eigenvalue weighted by Gasteiger charge is -2.35. The molecule has 0 N–H and O–H groups in total. The summed E-state index contributed by atoms with van der Waals surface area (Å²) in [5.41, 5.74) is 1.97. The molecule has 1 saturated heterocycles. The summed E-state index contributed by atoms with van der Waals surface area (Å²) in [5.74, 6) is 2.81. The summed E-state index contributed by atoms with van der Waals surface area (Å²) in [5, 5.41) is 8.39. The molecule has 0 amide bonds. The molecule has 3 rings (SSSR count). The molecule has 0 atom stereocenters. The zero-order chi connectivity index (χ0) is 14.8. The maximum absolute atomic E-state index is 4.54. The summed E-state index contributed by atoms with van der Waals surface area (Å²) in [7, 11) is 0.